The van der Waals surface area contributed by atoms with Gasteiger partial charge in [-0.25, -0.2) is 8.96 Å². The summed E-state index contributed by atoms with van der Waals surface area (Å²) < 4.78 is 17.4. The first-order valence-corrected chi connectivity index (χ1v) is 14.4. The van der Waals surface area contributed by atoms with Crippen molar-refractivity contribution in [2.75, 3.05) is 0 Å². The van der Waals surface area contributed by atoms with Crippen molar-refractivity contribution in [2.45, 2.75) is 71.1 Å². The maximum Gasteiger partial charge on any atom is 0.222 e. The average molecular weight is 523 g/mol. The highest BCUT2D eigenvalue weighted by Gasteiger charge is 2.33. The number of halogens is 1. The molecule has 194 valence electrons. The third-order valence-corrected chi connectivity index (χ3v) is 8.95. The molecule has 0 saturated carbocycles. The number of aryl methyl sites for hydroxylation is 2. The summed E-state index contributed by atoms with van der Waals surface area (Å²) in [6.45, 7) is 16.2. The Morgan fingerprint density at radius 2 is 1.55 bits per heavy atom. The quantitative estimate of drug-likeness (QED) is 0.162. The number of hydrogen-bond donors (Lipinski definition) is 0. The minimum absolute atomic E-state index is 0.140. The summed E-state index contributed by atoms with van der Waals surface area (Å²) >= 11 is 1.88. The first kappa shape index (κ1) is 25.4. The lowest BCUT2D eigenvalue weighted by atomic mass is 9.81. The van der Waals surface area contributed by atoms with Gasteiger partial charge < -0.3 is 0 Å². The first-order valence-electron chi connectivity index (χ1n) is 13.6. The molecule has 3 heteroatoms. The second-order valence-corrected chi connectivity index (χ2v) is 14.6. The van der Waals surface area contributed by atoms with Crippen molar-refractivity contribution >= 4 is 44.1 Å². The van der Waals surface area contributed by atoms with Crippen molar-refractivity contribution in [3.05, 3.63) is 77.2 Å². The van der Waals surface area contributed by atoms with Crippen LogP contribution >= 0.6 is 11.8 Å². The average Bonchev–Trinajstić information content (AvgIpc) is 2.81. The summed E-state index contributed by atoms with van der Waals surface area (Å²) in [6, 6.07) is 16.9. The van der Waals surface area contributed by atoms with E-state index in [0.717, 1.165) is 29.0 Å². The lowest BCUT2D eigenvalue weighted by Gasteiger charge is -2.28. The number of benzene rings is 4. The fourth-order valence-electron chi connectivity index (χ4n) is 6.33. The van der Waals surface area contributed by atoms with E-state index in [1.165, 1.54) is 53.9 Å². The predicted octanol–water partition coefficient (Wildman–Crippen LogP) is 9.73. The highest BCUT2D eigenvalue weighted by Crippen LogP contribution is 2.53. The SMILES string of the molecule is Cc1c2c(c(CC(C)(C)C)c3ccc(CC(C)(C)C)cc13)Sc1cc3cccc(F)c3c3cc[n+](C)c-2c13. The highest BCUT2D eigenvalue weighted by atomic mass is 32.2. The third-order valence-electron chi connectivity index (χ3n) is 7.75. The molecule has 1 aliphatic heterocycles. The molecule has 0 bridgehead atoms. The molecule has 0 amide bonds. The summed E-state index contributed by atoms with van der Waals surface area (Å²) in [5.41, 5.74) is 7.01. The van der Waals surface area contributed by atoms with Crippen LogP contribution in [0.25, 0.3) is 43.6 Å². The zero-order valence-electron chi connectivity index (χ0n) is 23.8. The smallest absolute Gasteiger partial charge is 0.206 e. The van der Waals surface area contributed by atoms with Crippen molar-refractivity contribution in [3.8, 4) is 11.3 Å². The van der Waals surface area contributed by atoms with Crippen molar-refractivity contribution in [1.29, 1.82) is 0 Å². The van der Waals surface area contributed by atoms with E-state index in [-0.39, 0.29) is 16.6 Å². The second-order valence-electron chi connectivity index (χ2n) is 13.5. The van der Waals surface area contributed by atoms with E-state index >= 15 is 4.39 Å². The normalized spacial score (nSPS) is 13.5. The third kappa shape index (κ3) is 4.11. The van der Waals surface area contributed by atoms with E-state index in [9.17, 15) is 0 Å². The molecular formula is C35H37FNS+. The number of aromatic nitrogens is 1. The van der Waals surface area contributed by atoms with Gasteiger partial charge in [0.05, 0.1) is 10.9 Å². The van der Waals surface area contributed by atoms with Crippen LogP contribution in [0.4, 0.5) is 4.39 Å². The van der Waals surface area contributed by atoms with Gasteiger partial charge in [0.2, 0.25) is 5.69 Å². The molecule has 0 fully saturated rings. The summed E-state index contributed by atoms with van der Waals surface area (Å²) in [7, 11) is 2.13. The number of hydrogen-bond acceptors (Lipinski definition) is 1. The van der Waals surface area contributed by atoms with Crippen LogP contribution in [-0.2, 0) is 19.9 Å². The van der Waals surface area contributed by atoms with Crippen LogP contribution in [0.1, 0.15) is 58.2 Å². The molecule has 4 aromatic carbocycles. The van der Waals surface area contributed by atoms with Gasteiger partial charge in [0.25, 0.3) is 0 Å². The molecule has 0 radical (unpaired) electrons. The first-order chi connectivity index (χ1) is 17.8. The molecule has 0 spiro atoms. The zero-order chi connectivity index (χ0) is 27.1. The number of rotatable bonds is 2. The van der Waals surface area contributed by atoms with E-state index < -0.39 is 0 Å². The molecule has 1 aromatic heterocycles. The maximum atomic E-state index is 15.2. The zero-order valence-corrected chi connectivity index (χ0v) is 24.7. The minimum atomic E-state index is -0.153. The molecule has 0 atom stereocenters. The van der Waals surface area contributed by atoms with Crippen LogP contribution in [0.3, 0.4) is 0 Å². The summed E-state index contributed by atoms with van der Waals surface area (Å²) in [5.74, 6) is -0.153. The molecule has 0 unspecified atom stereocenters. The van der Waals surface area contributed by atoms with E-state index in [4.69, 9.17) is 0 Å². The Labute approximate surface area is 230 Å². The van der Waals surface area contributed by atoms with Gasteiger partial charge in [0.15, 0.2) is 6.20 Å². The Hall–Kier alpha value is -2.91. The van der Waals surface area contributed by atoms with E-state index in [0.29, 0.717) is 0 Å². The molecule has 5 aromatic rings. The molecule has 1 nitrogen and oxygen atoms in total. The van der Waals surface area contributed by atoms with Gasteiger partial charge in [0, 0.05) is 26.6 Å². The molecule has 0 N–H and O–H groups in total. The van der Waals surface area contributed by atoms with Crippen molar-refractivity contribution in [1.82, 2.24) is 0 Å². The summed E-state index contributed by atoms with van der Waals surface area (Å²) in [6.07, 6.45) is 4.14. The van der Waals surface area contributed by atoms with E-state index in [1.807, 2.05) is 23.9 Å². The number of nitrogens with zero attached hydrogens (tertiary/aromatic N) is 1. The van der Waals surface area contributed by atoms with Crippen LogP contribution in [-0.4, -0.2) is 0 Å². The van der Waals surface area contributed by atoms with Crippen molar-refractivity contribution < 1.29 is 8.96 Å². The van der Waals surface area contributed by atoms with Gasteiger partial charge in [-0.15, -0.1) is 0 Å². The van der Waals surface area contributed by atoms with Gasteiger partial charge >= 0.3 is 0 Å². The van der Waals surface area contributed by atoms with Crippen molar-refractivity contribution in [2.24, 2.45) is 17.9 Å². The van der Waals surface area contributed by atoms with Crippen LogP contribution in [0.15, 0.2) is 64.5 Å². The summed E-state index contributed by atoms with van der Waals surface area (Å²) in [4.78, 5) is 2.58. The monoisotopic (exact) mass is 522 g/mol. The van der Waals surface area contributed by atoms with Crippen LogP contribution in [0.2, 0.25) is 0 Å². The fraction of sp³-hybridized carbons (Fsp3) is 0.343. The van der Waals surface area contributed by atoms with Crippen LogP contribution in [0, 0.1) is 23.6 Å². The van der Waals surface area contributed by atoms with Gasteiger partial charge in [-0.1, -0.05) is 83.6 Å². The minimum Gasteiger partial charge on any atom is -0.206 e. The largest absolute Gasteiger partial charge is 0.222 e. The Morgan fingerprint density at radius 3 is 2.26 bits per heavy atom. The highest BCUT2D eigenvalue weighted by molar-refractivity contribution is 8.00. The fourth-order valence-corrected chi connectivity index (χ4v) is 7.70. The van der Waals surface area contributed by atoms with Crippen LogP contribution in [0.5, 0.6) is 0 Å². The van der Waals surface area contributed by atoms with Gasteiger partial charge in [0.1, 0.15) is 12.9 Å². The molecule has 0 aliphatic carbocycles. The topological polar surface area (TPSA) is 3.88 Å². The van der Waals surface area contributed by atoms with Crippen LogP contribution < -0.4 is 4.57 Å². The molecule has 1 aliphatic rings. The van der Waals surface area contributed by atoms with E-state index in [2.05, 4.69) is 96.6 Å². The maximum absolute atomic E-state index is 15.2. The second kappa shape index (κ2) is 8.55. The predicted molar refractivity (Wildman–Crippen MR) is 161 cm³/mol. The molecule has 38 heavy (non-hydrogen) atoms. The van der Waals surface area contributed by atoms with E-state index in [1.54, 1.807) is 6.07 Å². The lowest BCUT2D eigenvalue weighted by molar-refractivity contribution is -0.659. The Kier molecular flexibility index (Phi) is 5.71. The Bertz CT molecular complexity index is 1780. The lowest BCUT2D eigenvalue weighted by Crippen LogP contribution is -2.32. The Balaban J connectivity index is 1.76. The number of pyridine rings is 1. The van der Waals surface area contributed by atoms with Crippen molar-refractivity contribution in [3.63, 3.8) is 0 Å². The van der Waals surface area contributed by atoms with Gasteiger partial charge in [-0.3, -0.25) is 0 Å². The Morgan fingerprint density at radius 1 is 0.816 bits per heavy atom. The standard InChI is InChI=1S/C35H37FNS/c1-20-25-16-21(18-34(2,3)4)12-13-23(25)26(19-35(5,6)7)33-29(20)32-31-24(14-15-37(32)8)30-22(17-28(31)38-33)10-9-11-27(30)36/h9-17H,18-19H2,1-8H3/q+1. The van der Waals surface area contributed by atoms with Gasteiger partial charge in [-0.2, -0.15) is 0 Å². The molecule has 0 saturated heterocycles. The molecule has 2 heterocycles. The molecule has 6 rings (SSSR count). The summed E-state index contributed by atoms with van der Waals surface area (Å²) in [5, 5.41) is 6.56. The van der Waals surface area contributed by atoms with Gasteiger partial charge in [-0.05, 0) is 75.6 Å². The molecular weight excluding hydrogens is 485 g/mol. The number of fused-ring (bicyclic) bond motifs is 5.